The van der Waals surface area contributed by atoms with E-state index < -0.39 is 0 Å². The molecule has 3 aromatic rings. The summed E-state index contributed by atoms with van der Waals surface area (Å²) in [5, 5.41) is 5.34. The summed E-state index contributed by atoms with van der Waals surface area (Å²) in [6.45, 7) is 2.89. The largest absolute Gasteiger partial charge is 0.493 e. The summed E-state index contributed by atoms with van der Waals surface area (Å²) in [4.78, 5) is 16.2. The number of aromatic nitrogens is 1. The molecule has 0 fully saturated rings. The number of carbonyl (C=O) groups excluding carboxylic acids is 1. The SMILES string of the molecule is CCCCCCOc1ccccc1/C=N/NC(=O)c1ccc2[nH]c3c(c2c1)CCCC3. The van der Waals surface area contributed by atoms with Crippen LogP contribution in [-0.2, 0) is 12.8 Å². The molecule has 162 valence electrons. The molecule has 5 nitrogen and oxygen atoms in total. The Labute approximate surface area is 183 Å². The third-order valence-corrected chi connectivity index (χ3v) is 5.90. The van der Waals surface area contributed by atoms with Gasteiger partial charge in [-0.05, 0) is 68.0 Å². The Bertz CT molecular complexity index is 1070. The van der Waals surface area contributed by atoms with E-state index in [-0.39, 0.29) is 5.91 Å². The van der Waals surface area contributed by atoms with Gasteiger partial charge in [0.2, 0.25) is 0 Å². The molecule has 0 unspecified atom stereocenters. The quantitative estimate of drug-likeness (QED) is 0.264. The van der Waals surface area contributed by atoms with Crippen LogP contribution in [0.2, 0.25) is 0 Å². The number of hydrogen-bond acceptors (Lipinski definition) is 3. The number of hydrazone groups is 1. The van der Waals surface area contributed by atoms with E-state index in [2.05, 4.69) is 22.4 Å². The zero-order valence-electron chi connectivity index (χ0n) is 18.2. The average Bonchev–Trinajstić information content (AvgIpc) is 3.17. The monoisotopic (exact) mass is 417 g/mol. The van der Waals surface area contributed by atoms with Crippen molar-refractivity contribution in [3.8, 4) is 5.75 Å². The molecule has 1 heterocycles. The number of carbonyl (C=O) groups is 1. The summed E-state index contributed by atoms with van der Waals surface area (Å²) in [5.74, 6) is 0.583. The number of rotatable bonds is 9. The van der Waals surface area contributed by atoms with E-state index in [1.807, 2.05) is 42.5 Å². The van der Waals surface area contributed by atoms with Crippen LogP contribution in [0.15, 0.2) is 47.6 Å². The molecule has 4 rings (SSSR count). The van der Waals surface area contributed by atoms with E-state index in [0.717, 1.165) is 41.5 Å². The van der Waals surface area contributed by atoms with Gasteiger partial charge in [-0.1, -0.05) is 38.3 Å². The zero-order chi connectivity index (χ0) is 21.5. The Morgan fingerprint density at radius 3 is 2.90 bits per heavy atom. The van der Waals surface area contributed by atoms with Crippen molar-refractivity contribution in [3.63, 3.8) is 0 Å². The van der Waals surface area contributed by atoms with E-state index in [4.69, 9.17) is 4.74 Å². The second-order valence-corrected chi connectivity index (χ2v) is 8.20. The summed E-state index contributed by atoms with van der Waals surface area (Å²) < 4.78 is 5.91. The van der Waals surface area contributed by atoms with Gasteiger partial charge in [-0.25, -0.2) is 5.43 Å². The van der Waals surface area contributed by atoms with Crippen molar-refractivity contribution in [2.24, 2.45) is 5.10 Å². The van der Waals surface area contributed by atoms with Gasteiger partial charge < -0.3 is 9.72 Å². The number of para-hydroxylation sites is 1. The number of ether oxygens (including phenoxy) is 1. The summed E-state index contributed by atoms with van der Waals surface area (Å²) in [6, 6.07) is 13.6. The van der Waals surface area contributed by atoms with Gasteiger partial charge in [-0.15, -0.1) is 0 Å². The number of aromatic amines is 1. The summed E-state index contributed by atoms with van der Waals surface area (Å²) >= 11 is 0. The molecular formula is C26H31N3O2. The fourth-order valence-electron chi connectivity index (χ4n) is 4.20. The minimum Gasteiger partial charge on any atom is -0.493 e. The molecule has 0 radical (unpaired) electrons. The summed E-state index contributed by atoms with van der Waals surface area (Å²) in [5.41, 5.74) is 7.93. The first-order chi connectivity index (χ1) is 15.3. The fraction of sp³-hybridized carbons (Fsp3) is 0.385. The van der Waals surface area contributed by atoms with Gasteiger partial charge in [-0.2, -0.15) is 5.10 Å². The molecule has 0 saturated carbocycles. The van der Waals surface area contributed by atoms with Crippen molar-refractivity contribution in [2.75, 3.05) is 6.61 Å². The Morgan fingerprint density at radius 1 is 1.13 bits per heavy atom. The number of fused-ring (bicyclic) bond motifs is 3. The number of unbranched alkanes of at least 4 members (excludes halogenated alkanes) is 3. The van der Waals surface area contributed by atoms with Crippen LogP contribution < -0.4 is 10.2 Å². The normalized spacial score (nSPS) is 13.5. The molecule has 1 aliphatic carbocycles. The highest BCUT2D eigenvalue weighted by atomic mass is 16.5. The molecule has 5 heteroatoms. The Kier molecular flexibility index (Phi) is 7.03. The maximum Gasteiger partial charge on any atom is 0.271 e. The number of amides is 1. The maximum absolute atomic E-state index is 12.7. The number of aryl methyl sites for hydroxylation is 2. The predicted octanol–water partition coefficient (Wildman–Crippen LogP) is 5.77. The molecule has 0 bridgehead atoms. The number of hydrogen-bond donors (Lipinski definition) is 2. The summed E-state index contributed by atoms with van der Waals surface area (Å²) in [6.07, 6.45) is 10.9. The molecule has 1 aliphatic rings. The van der Waals surface area contributed by atoms with Crippen molar-refractivity contribution >= 4 is 23.0 Å². The fourth-order valence-corrected chi connectivity index (χ4v) is 4.20. The van der Waals surface area contributed by atoms with Gasteiger partial charge in [0, 0.05) is 27.7 Å². The molecule has 2 aromatic carbocycles. The molecule has 1 amide bonds. The maximum atomic E-state index is 12.7. The Balaban J connectivity index is 1.40. The van der Waals surface area contributed by atoms with E-state index in [1.54, 1.807) is 6.21 Å². The minimum atomic E-state index is -0.207. The van der Waals surface area contributed by atoms with Crippen LogP contribution in [-0.4, -0.2) is 23.7 Å². The van der Waals surface area contributed by atoms with Gasteiger partial charge in [0.15, 0.2) is 0 Å². The van der Waals surface area contributed by atoms with Gasteiger partial charge in [0.25, 0.3) is 5.91 Å². The van der Waals surface area contributed by atoms with Crippen LogP contribution in [0.5, 0.6) is 5.75 Å². The highest BCUT2D eigenvalue weighted by molar-refractivity contribution is 5.99. The standard InChI is InChI=1S/C26H31N3O2/c1-2-3-4-9-16-31-25-13-8-5-10-20(25)18-27-29-26(30)19-14-15-24-22(17-19)21-11-6-7-12-23(21)28-24/h5,8,10,13-15,17-18,28H,2-4,6-7,9,11-12,16H2,1H3,(H,29,30)/b27-18+. The zero-order valence-corrected chi connectivity index (χ0v) is 18.2. The Morgan fingerprint density at radius 2 is 2.00 bits per heavy atom. The molecule has 31 heavy (non-hydrogen) atoms. The number of H-pyrrole nitrogens is 1. The average molecular weight is 418 g/mol. The van der Waals surface area contributed by atoms with Gasteiger partial charge >= 0.3 is 0 Å². The van der Waals surface area contributed by atoms with Crippen LogP contribution in [0, 0.1) is 0 Å². The van der Waals surface area contributed by atoms with E-state index in [0.29, 0.717) is 12.2 Å². The first kappa shape index (κ1) is 21.2. The lowest BCUT2D eigenvalue weighted by Crippen LogP contribution is -2.17. The molecule has 0 spiro atoms. The predicted molar refractivity (Wildman–Crippen MR) is 126 cm³/mol. The van der Waals surface area contributed by atoms with E-state index in [1.165, 1.54) is 43.4 Å². The van der Waals surface area contributed by atoms with Crippen molar-refractivity contribution in [2.45, 2.75) is 58.3 Å². The van der Waals surface area contributed by atoms with Gasteiger partial charge in [-0.3, -0.25) is 4.79 Å². The minimum absolute atomic E-state index is 0.207. The number of nitrogens with one attached hydrogen (secondary N) is 2. The third kappa shape index (κ3) is 5.16. The second-order valence-electron chi connectivity index (χ2n) is 8.20. The lowest BCUT2D eigenvalue weighted by molar-refractivity contribution is 0.0955. The molecule has 0 aliphatic heterocycles. The highest BCUT2D eigenvalue weighted by Gasteiger charge is 2.16. The van der Waals surface area contributed by atoms with Crippen LogP contribution in [0.3, 0.4) is 0 Å². The Hall–Kier alpha value is -3.08. The van der Waals surface area contributed by atoms with Crippen LogP contribution >= 0.6 is 0 Å². The van der Waals surface area contributed by atoms with Crippen LogP contribution in [0.4, 0.5) is 0 Å². The first-order valence-electron chi connectivity index (χ1n) is 11.4. The van der Waals surface area contributed by atoms with Gasteiger partial charge in [0.1, 0.15) is 5.75 Å². The second kappa shape index (κ2) is 10.3. The first-order valence-corrected chi connectivity index (χ1v) is 11.4. The molecule has 0 atom stereocenters. The lowest BCUT2D eigenvalue weighted by atomic mass is 9.95. The third-order valence-electron chi connectivity index (χ3n) is 5.90. The van der Waals surface area contributed by atoms with Crippen LogP contribution in [0.1, 0.15) is 72.6 Å². The van der Waals surface area contributed by atoms with Crippen molar-refractivity contribution < 1.29 is 9.53 Å². The van der Waals surface area contributed by atoms with E-state index in [9.17, 15) is 4.79 Å². The highest BCUT2D eigenvalue weighted by Crippen LogP contribution is 2.29. The van der Waals surface area contributed by atoms with E-state index >= 15 is 0 Å². The van der Waals surface area contributed by atoms with Crippen molar-refractivity contribution in [3.05, 3.63) is 64.8 Å². The number of nitrogens with zero attached hydrogens (tertiary/aromatic N) is 1. The molecule has 1 aromatic heterocycles. The summed E-state index contributed by atoms with van der Waals surface area (Å²) in [7, 11) is 0. The van der Waals surface area contributed by atoms with Gasteiger partial charge in [0.05, 0.1) is 12.8 Å². The number of benzene rings is 2. The smallest absolute Gasteiger partial charge is 0.271 e. The molecule has 2 N–H and O–H groups in total. The van der Waals surface area contributed by atoms with Crippen molar-refractivity contribution in [1.29, 1.82) is 0 Å². The topological polar surface area (TPSA) is 66.5 Å². The molecular weight excluding hydrogens is 386 g/mol. The molecule has 0 saturated heterocycles. The van der Waals surface area contributed by atoms with Crippen LogP contribution in [0.25, 0.3) is 10.9 Å². The van der Waals surface area contributed by atoms with Crippen molar-refractivity contribution in [1.82, 2.24) is 10.4 Å². The lowest BCUT2D eigenvalue weighted by Gasteiger charge is -2.10.